The van der Waals surface area contributed by atoms with Crippen molar-refractivity contribution in [3.63, 3.8) is 0 Å². The molecular formula is C18H23N5S. The Morgan fingerprint density at radius 3 is 2.58 bits per heavy atom. The van der Waals surface area contributed by atoms with Crippen LogP contribution >= 0.6 is 11.3 Å². The van der Waals surface area contributed by atoms with E-state index in [-0.39, 0.29) is 0 Å². The summed E-state index contributed by atoms with van der Waals surface area (Å²) in [6.07, 6.45) is 4.03. The lowest BCUT2D eigenvalue weighted by molar-refractivity contribution is 0.119. The molecule has 4 rings (SSSR count). The van der Waals surface area contributed by atoms with Gasteiger partial charge in [-0.25, -0.2) is 4.98 Å². The van der Waals surface area contributed by atoms with Crippen molar-refractivity contribution in [2.24, 2.45) is 0 Å². The average molecular weight is 341 g/mol. The summed E-state index contributed by atoms with van der Waals surface area (Å²) in [5.41, 5.74) is 4.99. The fraction of sp³-hybridized carbons (Fsp3) is 0.444. The third-order valence-electron chi connectivity index (χ3n) is 4.89. The highest BCUT2D eigenvalue weighted by molar-refractivity contribution is 7.15. The molecule has 0 bridgehead atoms. The van der Waals surface area contributed by atoms with Crippen LogP contribution in [-0.2, 0) is 13.1 Å². The van der Waals surface area contributed by atoms with Crippen molar-refractivity contribution >= 4 is 16.3 Å². The molecule has 0 aliphatic carbocycles. The van der Waals surface area contributed by atoms with Crippen molar-refractivity contribution in [2.75, 3.05) is 26.2 Å². The fourth-order valence-electron chi connectivity index (χ4n) is 3.34. The standard InChI is InChI=1S/C18H23N5S/c1-14-4-3-5-19-16(14)12-21-6-8-22(9-7-21)13-17-15(2)20-18-23(17)10-11-24-18/h3-5,10-11H,6-9,12-13H2,1-2H3. The Hall–Kier alpha value is -1.76. The van der Waals surface area contributed by atoms with E-state index >= 15 is 0 Å². The first-order valence-electron chi connectivity index (χ1n) is 8.47. The van der Waals surface area contributed by atoms with Crippen LogP contribution in [0.5, 0.6) is 0 Å². The quantitative estimate of drug-likeness (QED) is 0.731. The lowest BCUT2D eigenvalue weighted by atomic mass is 10.2. The van der Waals surface area contributed by atoms with E-state index in [9.17, 15) is 0 Å². The van der Waals surface area contributed by atoms with Crippen LogP contribution in [0, 0.1) is 13.8 Å². The molecule has 0 radical (unpaired) electrons. The zero-order valence-electron chi connectivity index (χ0n) is 14.3. The fourth-order valence-corrected chi connectivity index (χ4v) is 4.12. The van der Waals surface area contributed by atoms with Gasteiger partial charge in [0.2, 0.25) is 0 Å². The maximum absolute atomic E-state index is 4.66. The SMILES string of the molecule is Cc1cccnc1CN1CCN(Cc2c(C)nc3sccn23)CC1. The van der Waals surface area contributed by atoms with Gasteiger partial charge in [-0.1, -0.05) is 6.07 Å². The van der Waals surface area contributed by atoms with Crippen LogP contribution in [0.3, 0.4) is 0 Å². The number of aromatic nitrogens is 3. The predicted molar refractivity (Wildman–Crippen MR) is 97.3 cm³/mol. The highest BCUT2D eigenvalue weighted by Gasteiger charge is 2.20. The summed E-state index contributed by atoms with van der Waals surface area (Å²) in [4.78, 5) is 15.3. The van der Waals surface area contributed by atoms with Crippen LogP contribution in [0.2, 0.25) is 0 Å². The molecule has 4 heterocycles. The van der Waals surface area contributed by atoms with E-state index in [4.69, 9.17) is 0 Å². The molecule has 3 aromatic rings. The molecule has 0 aromatic carbocycles. The number of hydrogen-bond acceptors (Lipinski definition) is 5. The van der Waals surface area contributed by atoms with Crippen LogP contribution in [0.25, 0.3) is 4.96 Å². The summed E-state index contributed by atoms with van der Waals surface area (Å²) in [5.74, 6) is 0. The van der Waals surface area contributed by atoms with Gasteiger partial charge < -0.3 is 0 Å². The number of rotatable bonds is 4. The molecule has 3 aromatic heterocycles. The Morgan fingerprint density at radius 2 is 1.83 bits per heavy atom. The third-order valence-corrected chi connectivity index (χ3v) is 5.65. The number of aryl methyl sites for hydroxylation is 2. The van der Waals surface area contributed by atoms with Crippen molar-refractivity contribution in [3.05, 3.63) is 52.6 Å². The van der Waals surface area contributed by atoms with Gasteiger partial charge in [0.25, 0.3) is 0 Å². The molecule has 1 saturated heterocycles. The number of pyridine rings is 1. The van der Waals surface area contributed by atoms with Gasteiger partial charge in [0.1, 0.15) is 0 Å². The topological polar surface area (TPSA) is 36.7 Å². The summed E-state index contributed by atoms with van der Waals surface area (Å²) in [7, 11) is 0. The lowest BCUT2D eigenvalue weighted by Crippen LogP contribution is -2.45. The second-order valence-corrected chi connectivity index (χ2v) is 7.39. The highest BCUT2D eigenvalue weighted by atomic mass is 32.1. The average Bonchev–Trinajstić information content (AvgIpc) is 3.14. The normalized spacial score (nSPS) is 16.9. The number of imidazole rings is 1. The smallest absolute Gasteiger partial charge is 0.194 e. The van der Waals surface area contributed by atoms with Crippen LogP contribution in [0.15, 0.2) is 29.9 Å². The third kappa shape index (κ3) is 3.09. The van der Waals surface area contributed by atoms with Gasteiger partial charge in [-0.15, -0.1) is 11.3 Å². The van der Waals surface area contributed by atoms with E-state index in [1.807, 2.05) is 12.3 Å². The van der Waals surface area contributed by atoms with Gasteiger partial charge in [0.05, 0.1) is 17.1 Å². The highest BCUT2D eigenvalue weighted by Crippen LogP contribution is 2.19. The minimum Gasteiger partial charge on any atom is -0.295 e. The molecule has 0 N–H and O–H groups in total. The molecule has 0 amide bonds. The zero-order valence-corrected chi connectivity index (χ0v) is 15.1. The number of fused-ring (bicyclic) bond motifs is 1. The summed E-state index contributed by atoms with van der Waals surface area (Å²) in [6.45, 7) is 10.6. The summed E-state index contributed by atoms with van der Waals surface area (Å²) >= 11 is 1.71. The molecule has 0 spiro atoms. The molecule has 0 unspecified atom stereocenters. The van der Waals surface area contributed by atoms with Crippen LogP contribution < -0.4 is 0 Å². The van der Waals surface area contributed by atoms with Crippen LogP contribution in [-0.4, -0.2) is 50.3 Å². The van der Waals surface area contributed by atoms with Gasteiger partial charge in [-0.3, -0.25) is 19.2 Å². The summed E-state index contributed by atoms with van der Waals surface area (Å²) in [5, 5.41) is 2.11. The van der Waals surface area contributed by atoms with Crippen molar-refractivity contribution < 1.29 is 0 Å². The van der Waals surface area contributed by atoms with E-state index in [0.717, 1.165) is 49.9 Å². The molecule has 0 atom stereocenters. The second kappa shape index (κ2) is 6.63. The first-order valence-corrected chi connectivity index (χ1v) is 9.35. The van der Waals surface area contributed by atoms with E-state index in [2.05, 4.69) is 55.7 Å². The van der Waals surface area contributed by atoms with Gasteiger partial charge in [-0.2, -0.15) is 0 Å². The van der Waals surface area contributed by atoms with E-state index in [0.29, 0.717) is 0 Å². The summed E-state index contributed by atoms with van der Waals surface area (Å²) in [6, 6.07) is 4.16. The minimum absolute atomic E-state index is 0.959. The molecule has 6 heteroatoms. The number of piperazine rings is 1. The van der Waals surface area contributed by atoms with E-state index < -0.39 is 0 Å². The van der Waals surface area contributed by atoms with Gasteiger partial charge in [-0.05, 0) is 25.5 Å². The van der Waals surface area contributed by atoms with Crippen molar-refractivity contribution in [1.82, 2.24) is 24.2 Å². The lowest BCUT2D eigenvalue weighted by Gasteiger charge is -2.34. The zero-order chi connectivity index (χ0) is 16.5. The maximum Gasteiger partial charge on any atom is 0.194 e. The molecule has 0 saturated carbocycles. The predicted octanol–water partition coefficient (Wildman–Crippen LogP) is 2.73. The molecule has 5 nitrogen and oxygen atoms in total. The Bertz CT molecular complexity index is 829. The number of thiazole rings is 1. The molecule has 1 aliphatic rings. The Kier molecular flexibility index (Phi) is 4.35. The first-order chi connectivity index (χ1) is 11.7. The molecule has 126 valence electrons. The van der Waals surface area contributed by atoms with Crippen LogP contribution in [0.4, 0.5) is 0 Å². The largest absolute Gasteiger partial charge is 0.295 e. The van der Waals surface area contributed by atoms with E-state index in [1.54, 1.807) is 11.3 Å². The van der Waals surface area contributed by atoms with Crippen LogP contribution in [0.1, 0.15) is 22.6 Å². The Labute approximate surface area is 146 Å². The number of hydrogen-bond donors (Lipinski definition) is 0. The van der Waals surface area contributed by atoms with Gasteiger partial charge >= 0.3 is 0 Å². The monoisotopic (exact) mass is 341 g/mol. The Morgan fingerprint density at radius 1 is 1.08 bits per heavy atom. The first kappa shape index (κ1) is 15.7. The molecule has 1 aliphatic heterocycles. The van der Waals surface area contributed by atoms with Gasteiger partial charge in [0, 0.05) is 57.0 Å². The summed E-state index contributed by atoms with van der Waals surface area (Å²) < 4.78 is 2.24. The second-order valence-electron chi connectivity index (χ2n) is 6.52. The molecule has 24 heavy (non-hydrogen) atoms. The van der Waals surface area contributed by atoms with Gasteiger partial charge in [0.15, 0.2) is 4.96 Å². The number of nitrogens with zero attached hydrogens (tertiary/aromatic N) is 5. The molecule has 1 fully saturated rings. The van der Waals surface area contributed by atoms with E-state index in [1.165, 1.54) is 17.0 Å². The maximum atomic E-state index is 4.66. The van der Waals surface area contributed by atoms with Crippen molar-refractivity contribution in [3.8, 4) is 0 Å². The minimum atomic E-state index is 0.959. The molecular weight excluding hydrogens is 318 g/mol. The van der Waals surface area contributed by atoms with Crippen molar-refractivity contribution in [2.45, 2.75) is 26.9 Å². The van der Waals surface area contributed by atoms with Crippen molar-refractivity contribution in [1.29, 1.82) is 0 Å². The Balaban J connectivity index is 1.37.